The SMILES string of the molecule is Cc1cc(C(=O)N2CCC(C)(O)CC2)cc(C)c1C=CS(=O)(=O)N1CCC2(CC1)N=C(c1ccc(S(F)(F)(F)(F)F)cc1)NC2=O. The Morgan fingerprint density at radius 2 is 1.50 bits per heavy atom. The summed E-state index contributed by atoms with van der Waals surface area (Å²) in [6.45, 7) is 6.05. The van der Waals surface area contributed by atoms with Crippen LogP contribution >= 0.6 is 10.2 Å². The Hall–Kier alpha value is -3.34. The van der Waals surface area contributed by atoms with E-state index in [-0.39, 0.29) is 55.4 Å². The maximum absolute atomic E-state index is 13.2. The molecule has 0 unspecified atom stereocenters. The Morgan fingerprint density at radius 3 is 2.02 bits per heavy atom. The van der Waals surface area contributed by atoms with E-state index in [0.29, 0.717) is 48.2 Å². The number of aryl methyl sites for hydroxylation is 2. The number of aliphatic hydroxyl groups is 1. The maximum Gasteiger partial charge on any atom is 0.310 e. The van der Waals surface area contributed by atoms with Gasteiger partial charge < -0.3 is 15.3 Å². The number of amides is 2. The van der Waals surface area contributed by atoms with E-state index in [1.807, 2.05) is 0 Å². The number of likely N-dealkylation sites (tertiary alicyclic amines) is 1. The van der Waals surface area contributed by atoms with Crippen LogP contribution in [0, 0.1) is 13.8 Å². The van der Waals surface area contributed by atoms with E-state index in [4.69, 9.17) is 0 Å². The highest BCUT2D eigenvalue weighted by atomic mass is 32.5. The van der Waals surface area contributed by atoms with Crippen molar-refractivity contribution in [3.05, 3.63) is 69.6 Å². The lowest BCUT2D eigenvalue weighted by molar-refractivity contribution is -0.124. The number of rotatable bonds is 6. The van der Waals surface area contributed by atoms with E-state index in [2.05, 4.69) is 10.3 Å². The van der Waals surface area contributed by atoms with Crippen molar-refractivity contribution in [2.45, 2.75) is 62.5 Å². The molecule has 2 aromatic rings. The molecule has 16 heteroatoms. The topological polar surface area (TPSA) is 119 Å². The van der Waals surface area contributed by atoms with E-state index >= 15 is 0 Å². The average molecular weight is 691 g/mol. The number of hydrogen-bond donors (Lipinski definition) is 2. The summed E-state index contributed by atoms with van der Waals surface area (Å²) in [5.41, 5.74) is 0.390. The molecule has 2 amide bonds. The molecule has 2 saturated heterocycles. The molecule has 5 rings (SSSR count). The van der Waals surface area contributed by atoms with Crippen LogP contribution in [0.25, 0.3) is 6.08 Å². The van der Waals surface area contributed by atoms with Crippen molar-refractivity contribution >= 4 is 44.0 Å². The monoisotopic (exact) mass is 690 g/mol. The molecular weight excluding hydrogens is 655 g/mol. The third-order valence-corrected chi connectivity index (χ3v) is 11.6. The smallest absolute Gasteiger partial charge is 0.310 e. The zero-order chi connectivity index (χ0) is 34.0. The van der Waals surface area contributed by atoms with E-state index in [1.165, 1.54) is 10.4 Å². The van der Waals surface area contributed by atoms with Gasteiger partial charge in [-0.1, -0.05) is 19.4 Å². The van der Waals surface area contributed by atoms with Crippen LogP contribution in [0.1, 0.15) is 65.2 Å². The van der Waals surface area contributed by atoms with Crippen LogP contribution in [-0.2, 0) is 14.8 Å². The van der Waals surface area contributed by atoms with Gasteiger partial charge in [-0.15, -0.1) is 0 Å². The summed E-state index contributed by atoms with van der Waals surface area (Å²) < 4.78 is 93.0. The lowest BCUT2D eigenvalue weighted by atomic mass is 9.89. The van der Waals surface area contributed by atoms with Crippen LogP contribution in [0.3, 0.4) is 0 Å². The molecule has 0 aromatic heterocycles. The number of nitrogens with one attached hydrogen (secondary N) is 1. The zero-order valence-corrected chi connectivity index (χ0v) is 27.0. The summed E-state index contributed by atoms with van der Waals surface area (Å²) in [6.07, 6.45) is 2.43. The summed E-state index contributed by atoms with van der Waals surface area (Å²) in [7, 11) is -13.8. The molecule has 9 nitrogen and oxygen atoms in total. The Morgan fingerprint density at radius 1 is 0.957 bits per heavy atom. The van der Waals surface area contributed by atoms with Gasteiger partial charge >= 0.3 is 10.2 Å². The van der Waals surface area contributed by atoms with Crippen molar-refractivity contribution in [1.82, 2.24) is 14.5 Å². The van der Waals surface area contributed by atoms with Gasteiger partial charge in [0.2, 0.25) is 10.0 Å². The second kappa shape index (κ2) is 10.6. The summed E-state index contributed by atoms with van der Waals surface area (Å²) in [4.78, 5) is 29.9. The maximum atomic E-state index is 13.2. The molecule has 0 bridgehead atoms. The van der Waals surface area contributed by atoms with Gasteiger partial charge in [0.05, 0.1) is 5.60 Å². The molecule has 0 atom stereocenters. The molecule has 252 valence electrons. The number of carbonyl (C=O) groups is 2. The number of piperidine rings is 2. The highest BCUT2D eigenvalue weighted by Crippen LogP contribution is 3.02. The Kier molecular flexibility index (Phi) is 7.83. The van der Waals surface area contributed by atoms with Crippen molar-refractivity contribution in [3.63, 3.8) is 0 Å². The summed E-state index contributed by atoms with van der Waals surface area (Å²) in [5, 5.41) is 13.7. The van der Waals surface area contributed by atoms with E-state index < -0.39 is 42.2 Å². The first kappa shape index (κ1) is 34.0. The van der Waals surface area contributed by atoms with Gasteiger partial charge in [-0.05, 0) is 106 Å². The van der Waals surface area contributed by atoms with Gasteiger partial charge in [0.25, 0.3) is 11.8 Å². The first-order chi connectivity index (χ1) is 21.0. The van der Waals surface area contributed by atoms with Gasteiger partial charge in [0.1, 0.15) is 16.3 Å². The molecule has 3 heterocycles. The van der Waals surface area contributed by atoms with E-state index in [0.717, 1.165) is 17.5 Å². The van der Waals surface area contributed by atoms with Gasteiger partial charge in [-0.2, -0.15) is 4.31 Å². The average Bonchev–Trinajstić information content (AvgIpc) is 3.26. The molecule has 0 saturated carbocycles. The Bertz CT molecular complexity index is 1740. The lowest BCUT2D eigenvalue weighted by Crippen LogP contribution is -2.50. The number of benzene rings is 2. The normalized spacial score (nSPS) is 22.0. The first-order valence-corrected chi connectivity index (χ1v) is 18.0. The largest absolute Gasteiger partial charge is 0.390 e. The van der Waals surface area contributed by atoms with Crippen molar-refractivity contribution in [2.75, 3.05) is 26.2 Å². The van der Waals surface area contributed by atoms with Crippen molar-refractivity contribution in [3.8, 4) is 0 Å². The Balaban J connectivity index is 1.26. The fourth-order valence-electron chi connectivity index (χ4n) is 5.95. The standard InChI is InChI=1S/C30H35F5N4O5S2/c1-20-18-23(27(40)38-13-9-29(3,42)10-14-38)19-21(2)25(20)8-17-45(43,44)39-15-11-30(12-16-39)28(41)36-26(37-30)22-4-6-24(7-5-22)46(31,32,33,34)35/h4-8,17-19,42H,9-16H2,1-3H3,(H,36,37,41). The van der Waals surface area contributed by atoms with Gasteiger partial charge in [0.15, 0.2) is 0 Å². The molecule has 2 aromatic carbocycles. The van der Waals surface area contributed by atoms with Gasteiger partial charge in [-0.3, -0.25) is 14.6 Å². The molecular formula is C30H35F5N4O5S2. The highest BCUT2D eigenvalue weighted by molar-refractivity contribution is 8.45. The van der Waals surface area contributed by atoms with Crippen LogP contribution in [0.5, 0.6) is 0 Å². The second-order valence-electron chi connectivity index (χ2n) is 12.5. The highest BCUT2D eigenvalue weighted by Gasteiger charge is 2.65. The number of hydrogen-bond acceptors (Lipinski definition) is 6. The molecule has 46 heavy (non-hydrogen) atoms. The zero-order valence-electron chi connectivity index (χ0n) is 25.4. The minimum atomic E-state index is -9.86. The van der Waals surface area contributed by atoms with Crippen molar-refractivity contribution in [2.24, 2.45) is 4.99 Å². The minimum Gasteiger partial charge on any atom is -0.390 e. The molecule has 1 spiro atoms. The van der Waals surface area contributed by atoms with E-state index in [9.17, 15) is 42.5 Å². The predicted octanol–water partition coefficient (Wildman–Crippen LogP) is 5.66. The first-order valence-electron chi connectivity index (χ1n) is 14.6. The second-order valence-corrected chi connectivity index (χ2v) is 16.7. The number of carbonyl (C=O) groups excluding carboxylic acids is 2. The summed E-state index contributed by atoms with van der Waals surface area (Å²) >= 11 is 0. The molecule has 2 fully saturated rings. The lowest BCUT2D eigenvalue weighted by Gasteiger charge is -2.40. The van der Waals surface area contributed by atoms with Crippen LogP contribution in [0.15, 0.2) is 51.7 Å². The van der Waals surface area contributed by atoms with Gasteiger partial charge in [-0.25, -0.2) is 8.42 Å². The third kappa shape index (κ3) is 6.99. The molecule has 0 radical (unpaired) electrons. The van der Waals surface area contributed by atoms with Crippen molar-refractivity contribution in [1.29, 1.82) is 0 Å². The number of amidine groups is 1. The fourth-order valence-corrected chi connectivity index (χ4v) is 7.77. The summed E-state index contributed by atoms with van der Waals surface area (Å²) in [5.74, 6) is -0.785. The third-order valence-electron chi connectivity index (χ3n) is 8.84. The molecule has 0 aliphatic carbocycles. The molecule has 3 aliphatic rings. The minimum absolute atomic E-state index is 0.000253. The van der Waals surface area contributed by atoms with Crippen LogP contribution in [0.2, 0.25) is 0 Å². The molecule has 3 aliphatic heterocycles. The van der Waals surface area contributed by atoms with Crippen molar-refractivity contribution < 1.29 is 42.5 Å². The van der Waals surface area contributed by atoms with Crippen LogP contribution < -0.4 is 5.32 Å². The Labute approximate surface area is 263 Å². The number of halogens is 5. The van der Waals surface area contributed by atoms with Crippen LogP contribution in [-0.4, -0.2) is 77.7 Å². The van der Waals surface area contributed by atoms with Gasteiger partial charge in [0, 0.05) is 42.7 Å². The fraction of sp³-hybridized carbons (Fsp3) is 0.433. The number of sulfonamides is 1. The van der Waals surface area contributed by atoms with Crippen LogP contribution in [0.4, 0.5) is 19.4 Å². The van der Waals surface area contributed by atoms with E-state index in [1.54, 1.807) is 37.8 Å². The predicted molar refractivity (Wildman–Crippen MR) is 166 cm³/mol. The quantitative estimate of drug-likeness (QED) is 0.380. The number of nitrogens with zero attached hydrogens (tertiary/aromatic N) is 3. The summed E-state index contributed by atoms with van der Waals surface area (Å²) in [6, 6.07) is 5.51. The number of aliphatic imine (C=N–C) groups is 1. The molecule has 2 N–H and O–H groups in total.